The molecule has 2 rings (SSSR count). The summed E-state index contributed by atoms with van der Waals surface area (Å²) in [7, 11) is 0. The lowest BCUT2D eigenvalue weighted by Gasteiger charge is -2.23. The molecule has 3 nitrogen and oxygen atoms in total. The molecule has 0 spiro atoms. The van der Waals surface area contributed by atoms with Gasteiger partial charge in [0.1, 0.15) is 0 Å². The van der Waals surface area contributed by atoms with Crippen LogP contribution in [0.1, 0.15) is 24.9 Å². The summed E-state index contributed by atoms with van der Waals surface area (Å²) >= 11 is 3.40. The molecule has 0 aromatic heterocycles. The van der Waals surface area contributed by atoms with Gasteiger partial charge in [-0.05, 0) is 24.6 Å². The molecule has 1 heterocycles. The summed E-state index contributed by atoms with van der Waals surface area (Å²) in [5.41, 5.74) is 1.04. The van der Waals surface area contributed by atoms with Crippen LogP contribution in [0.5, 0.6) is 0 Å². The minimum Gasteiger partial charge on any atom is -0.328 e. The van der Waals surface area contributed by atoms with Gasteiger partial charge in [-0.25, -0.2) is 0 Å². The zero-order chi connectivity index (χ0) is 11.7. The third-order valence-corrected chi connectivity index (χ3v) is 3.31. The number of hydrogen-bond acceptors (Lipinski definition) is 2. The lowest BCUT2D eigenvalue weighted by Crippen LogP contribution is -2.28. The molecule has 1 aliphatic heterocycles. The van der Waals surface area contributed by atoms with E-state index in [1.807, 2.05) is 31.2 Å². The molecule has 16 heavy (non-hydrogen) atoms. The zero-order valence-electron chi connectivity index (χ0n) is 8.94. The van der Waals surface area contributed by atoms with E-state index in [0.717, 1.165) is 10.0 Å². The number of nitrogens with zero attached hydrogens (tertiary/aromatic N) is 1. The summed E-state index contributed by atoms with van der Waals surface area (Å²) in [6, 6.07) is 7.76. The predicted molar refractivity (Wildman–Crippen MR) is 63.9 cm³/mol. The normalized spacial score (nSPS) is 18.0. The Kier molecular flexibility index (Phi) is 3.10. The summed E-state index contributed by atoms with van der Waals surface area (Å²) in [4.78, 5) is 24.4. The van der Waals surface area contributed by atoms with Crippen LogP contribution >= 0.6 is 15.9 Å². The lowest BCUT2D eigenvalue weighted by atomic mass is 10.1. The van der Waals surface area contributed by atoms with Crippen LogP contribution in [0.2, 0.25) is 0 Å². The van der Waals surface area contributed by atoms with Crippen molar-refractivity contribution in [2.75, 3.05) is 6.54 Å². The van der Waals surface area contributed by atoms with E-state index in [9.17, 15) is 9.59 Å². The van der Waals surface area contributed by atoms with Crippen LogP contribution in [0.3, 0.4) is 0 Å². The van der Waals surface area contributed by atoms with Gasteiger partial charge in [0.25, 0.3) is 0 Å². The van der Waals surface area contributed by atoms with Gasteiger partial charge in [-0.15, -0.1) is 0 Å². The van der Waals surface area contributed by atoms with Crippen LogP contribution in [0.15, 0.2) is 28.7 Å². The smallest absolute Gasteiger partial charge is 0.230 e. The molecule has 1 amide bonds. The van der Waals surface area contributed by atoms with E-state index in [0.29, 0.717) is 0 Å². The molecule has 1 aliphatic rings. The topological polar surface area (TPSA) is 37.4 Å². The molecular formula is C12H12BrNO2. The van der Waals surface area contributed by atoms with Crippen molar-refractivity contribution in [2.45, 2.75) is 19.4 Å². The molecule has 1 aromatic rings. The number of amides is 1. The standard InChI is InChI=1S/C12H12BrNO2/c1-8(9-3-2-4-10(13)5-9)14-7-11(15)6-12(14)16/h2-5,8H,6-7H2,1H3. The molecule has 0 radical (unpaired) electrons. The first-order valence-corrected chi connectivity index (χ1v) is 5.94. The number of rotatable bonds is 2. The van der Waals surface area contributed by atoms with Crippen LogP contribution < -0.4 is 0 Å². The summed E-state index contributed by atoms with van der Waals surface area (Å²) in [5, 5.41) is 0. The summed E-state index contributed by atoms with van der Waals surface area (Å²) in [6.45, 7) is 2.19. The monoisotopic (exact) mass is 281 g/mol. The third kappa shape index (κ3) is 2.16. The van der Waals surface area contributed by atoms with Crippen molar-refractivity contribution in [2.24, 2.45) is 0 Å². The number of ketones is 1. The Bertz CT molecular complexity index is 444. The number of halogens is 1. The fourth-order valence-electron chi connectivity index (χ4n) is 1.90. The van der Waals surface area contributed by atoms with Crippen molar-refractivity contribution in [3.05, 3.63) is 34.3 Å². The summed E-state index contributed by atoms with van der Waals surface area (Å²) < 4.78 is 0.981. The van der Waals surface area contributed by atoms with Gasteiger partial charge in [0.2, 0.25) is 5.91 Å². The highest BCUT2D eigenvalue weighted by molar-refractivity contribution is 9.10. The molecule has 1 unspecified atom stereocenters. The second kappa shape index (κ2) is 4.37. The van der Waals surface area contributed by atoms with E-state index in [2.05, 4.69) is 15.9 Å². The molecule has 4 heteroatoms. The van der Waals surface area contributed by atoms with Gasteiger partial charge >= 0.3 is 0 Å². The highest BCUT2D eigenvalue weighted by Gasteiger charge is 2.31. The zero-order valence-corrected chi connectivity index (χ0v) is 10.5. The van der Waals surface area contributed by atoms with Crippen molar-refractivity contribution in [1.29, 1.82) is 0 Å². The first-order chi connectivity index (χ1) is 7.58. The Morgan fingerprint density at radius 3 is 2.69 bits per heavy atom. The maximum absolute atomic E-state index is 11.6. The maximum atomic E-state index is 11.6. The fourth-order valence-corrected chi connectivity index (χ4v) is 2.32. The second-order valence-corrected chi connectivity index (χ2v) is 4.88. The van der Waals surface area contributed by atoms with Crippen molar-refractivity contribution < 1.29 is 9.59 Å². The average Bonchev–Trinajstić information content (AvgIpc) is 2.57. The van der Waals surface area contributed by atoms with E-state index < -0.39 is 0 Å². The molecule has 0 aliphatic carbocycles. The predicted octanol–water partition coefficient (Wildman–Crippen LogP) is 2.31. The van der Waals surface area contributed by atoms with Gasteiger partial charge in [0.05, 0.1) is 19.0 Å². The number of carbonyl (C=O) groups excluding carboxylic acids is 2. The van der Waals surface area contributed by atoms with Crippen molar-refractivity contribution in [1.82, 2.24) is 4.90 Å². The maximum Gasteiger partial charge on any atom is 0.230 e. The van der Waals surface area contributed by atoms with Gasteiger partial charge in [0, 0.05) is 4.47 Å². The minimum absolute atomic E-state index is 0.00634. The number of likely N-dealkylation sites (tertiary alicyclic amines) is 1. The molecule has 1 aromatic carbocycles. The molecule has 1 atom stereocenters. The first kappa shape index (κ1) is 11.3. The van der Waals surface area contributed by atoms with Crippen LogP contribution in [0.25, 0.3) is 0 Å². The van der Waals surface area contributed by atoms with Gasteiger partial charge in [0.15, 0.2) is 5.78 Å². The highest BCUT2D eigenvalue weighted by Crippen LogP contribution is 2.26. The third-order valence-electron chi connectivity index (χ3n) is 2.81. The fraction of sp³-hybridized carbons (Fsp3) is 0.333. The first-order valence-electron chi connectivity index (χ1n) is 5.14. The van der Waals surface area contributed by atoms with Gasteiger partial charge in [-0.2, -0.15) is 0 Å². The Morgan fingerprint density at radius 1 is 1.38 bits per heavy atom. The van der Waals surface area contributed by atoms with Crippen molar-refractivity contribution >= 4 is 27.6 Å². The Morgan fingerprint density at radius 2 is 2.12 bits per heavy atom. The highest BCUT2D eigenvalue weighted by atomic mass is 79.9. The Balaban J connectivity index is 2.22. The molecule has 0 saturated carbocycles. The molecule has 1 saturated heterocycles. The molecule has 0 bridgehead atoms. The second-order valence-electron chi connectivity index (χ2n) is 3.97. The van der Waals surface area contributed by atoms with E-state index in [4.69, 9.17) is 0 Å². The molecule has 0 N–H and O–H groups in total. The van der Waals surface area contributed by atoms with E-state index in [-0.39, 0.29) is 30.7 Å². The summed E-state index contributed by atoms with van der Waals surface area (Å²) in [5.74, 6) is -0.0654. The summed E-state index contributed by atoms with van der Waals surface area (Å²) in [6.07, 6.45) is 0.0539. The van der Waals surface area contributed by atoms with Gasteiger partial charge < -0.3 is 4.90 Å². The van der Waals surface area contributed by atoms with Crippen molar-refractivity contribution in [3.63, 3.8) is 0 Å². The Labute approximate surface area is 103 Å². The SMILES string of the molecule is CC(c1cccc(Br)c1)N1CC(=O)CC1=O. The van der Waals surface area contributed by atoms with Crippen molar-refractivity contribution in [3.8, 4) is 0 Å². The van der Waals surface area contributed by atoms with Crippen LogP contribution in [0.4, 0.5) is 0 Å². The number of hydrogen-bond donors (Lipinski definition) is 0. The lowest BCUT2D eigenvalue weighted by molar-refractivity contribution is -0.129. The van der Waals surface area contributed by atoms with Gasteiger partial charge in [-0.3, -0.25) is 9.59 Å². The van der Waals surface area contributed by atoms with Gasteiger partial charge in [-0.1, -0.05) is 28.1 Å². The molecular weight excluding hydrogens is 270 g/mol. The largest absolute Gasteiger partial charge is 0.328 e. The van der Waals surface area contributed by atoms with Crippen LogP contribution in [0, 0.1) is 0 Å². The molecule has 84 valence electrons. The number of carbonyl (C=O) groups is 2. The van der Waals surface area contributed by atoms with Crippen LogP contribution in [-0.2, 0) is 9.59 Å². The van der Waals surface area contributed by atoms with E-state index in [1.165, 1.54) is 0 Å². The van der Waals surface area contributed by atoms with Crippen LogP contribution in [-0.4, -0.2) is 23.1 Å². The number of benzene rings is 1. The molecule has 1 fully saturated rings. The van der Waals surface area contributed by atoms with E-state index >= 15 is 0 Å². The number of Topliss-reactive ketones (excluding diaryl/α,β-unsaturated/α-hetero) is 1. The average molecular weight is 282 g/mol. The quantitative estimate of drug-likeness (QED) is 0.781. The minimum atomic E-state index is -0.0718. The van der Waals surface area contributed by atoms with E-state index in [1.54, 1.807) is 4.90 Å². The Hall–Kier alpha value is -1.16.